The van der Waals surface area contributed by atoms with E-state index in [-0.39, 0.29) is 18.0 Å². The van der Waals surface area contributed by atoms with Gasteiger partial charge < -0.3 is 14.8 Å². The van der Waals surface area contributed by atoms with E-state index in [1.165, 1.54) is 17.8 Å². The van der Waals surface area contributed by atoms with E-state index in [1.807, 2.05) is 24.3 Å². The number of aromatic carboxylic acids is 1. The fourth-order valence-corrected chi connectivity index (χ4v) is 2.87. The predicted molar refractivity (Wildman–Crippen MR) is 89.9 cm³/mol. The average Bonchev–Trinajstić information content (AvgIpc) is 2.88. The first-order chi connectivity index (χ1) is 11.0. The molecule has 23 heavy (non-hydrogen) atoms. The zero-order chi connectivity index (χ0) is 16.8. The van der Waals surface area contributed by atoms with Crippen molar-refractivity contribution in [1.82, 2.24) is 5.32 Å². The van der Waals surface area contributed by atoms with E-state index >= 15 is 0 Å². The molecule has 122 valence electrons. The van der Waals surface area contributed by atoms with Crippen LogP contribution in [0.2, 0.25) is 5.02 Å². The van der Waals surface area contributed by atoms with Crippen LogP contribution in [-0.2, 0) is 17.1 Å². The van der Waals surface area contributed by atoms with Crippen molar-refractivity contribution in [2.24, 2.45) is 0 Å². The lowest BCUT2D eigenvalue weighted by Crippen LogP contribution is -2.24. The minimum absolute atomic E-state index is 0.117. The number of amides is 1. The molecule has 0 aliphatic heterocycles. The minimum atomic E-state index is -1.04. The third-order valence-electron chi connectivity index (χ3n) is 3.07. The molecule has 0 atom stereocenters. The summed E-state index contributed by atoms with van der Waals surface area (Å²) in [6.07, 6.45) is 0. The van der Waals surface area contributed by atoms with E-state index in [0.717, 1.165) is 5.56 Å². The Bertz CT molecular complexity index is 697. The SMILES string of the molecule is Cc1oc(CNC(=O)CSCc2ccc(Cl)cc2)cc1C(=O)O. The van der Waals surface area contributed by atoms with E-state index in [9.17, 15) is 9.59 Å². The molecule has 2 N–H and O–H groups in total. The van der Waals surface area contributed by atoms with E-state index in [1.54, 1.807) is 6.92 Å². The van der Waals surface area contributed by atoms with Crippen LogP contribution in [0.4, 0.5) is 0 Å². The van der Waals surface area contributed by atoms with Crippen molar-refractivity contribution in [3.05, 3.63) is 58.0 Å². The molecule has 1 aromatic heterocycles. The standard InChI is InChI=1S/C16H16ClNO4S/c1-10-14(16(20)21)6-13(22-10)7-18-15(19)9-23-8-11-2-4-12(17)5-3-11/h2-6H,7-9H2,1H3,(H,18,19)(H,20,21). The zero-order valence-corrected chi connectivity index (χ0v) is 14.0. The van der Waals surface area contributed by atoms with Gasteiger partial charge in [0, 0.05) is 10.8 Å². The molecule has 0 unspecified atom stereocenters. The Morgan fingerprint density at radius 2 is 2.00 bits per heavy atom. The number of carbonyl (C=O) groups is 2. The summed E-state index contributed by atoms with van der Waals surface area (Å²) in [4.78, 5) is 22.7. The number of furan rings is 1. The number of halogens is 1. The number of carbonyl (C=O) groups excluding carboxylic acids is 1. The number of benzene rings is 1. The first kappa shape index (κ1) is 17.4. The number of hydrogen-bond acceptors (Lipinski definition) is 4. The Labute approximate surface area is 143 Å². The lowest BCUT2D eigenvalue weighted by atomic mass is 10.2. The molecule has 1 aromatic carbocycles. The molecule has 0 aliphatic rings. The van der Waals surface area contributed by atoms with Crippen LogP contribution < -0.4 is 5.32 Å². The van der Waals surface area contributed by atoms with Gasteiger partial charge in [0.1, 0.15) is 17.1 Å². The monoisotopic (exact) mass is 353 g/mol. The van der Waals surface area contributed by atoms with Gasteiger partial charge in [-0.15, -0.1) is 11.8 Å². The number of carboxylic acids is 1. The Hall–Kier alpha value is -1.92. The van der Waals surface area contributed by atoms with E-state index < -0.39 is 5.97 Å². The molecule has 5 nitrogen and oxygen atoms in total. The number of rotatable bonds is 7. The van der Waals surface area contributed by atoms with Crippen molar-refractivity contribution in [3.8, 4) is 0 Å². The Kier molecular flexibility index (Phi) is 6.12. The van der Waals surface area contributed by atoms with Crippen molar-refractivity contribution < 1.29 is 19.1 Å². The summed E-state index contributed by atoms with van der Waals surface area (Å²) in [5.74, 6) is 0.619. The Morgan fingerprint density at radius 1 is 1.30 bits per heavy atom. The first-order valence-electron chi connectivity index (χ1n) is 6.87. The molecular formula is C16H16ClNO4S. The van der Waals surface area contributed by atoms with Gasteiger partial charge in [0.15, 0.2) is 0 Å². The normalized spacial score (nSPS) is 10.5. The van der Waals surface area contributed by atoms with Crippen LogP contribution in [0.1, 0.15) is 27.4 Å². The smallest absolute Gasteiger partial charge is 0.339 e. The summed E-state index contributed by atoms with van der Waals surface area (Å²) >= 11 is 7.30. The zero-order valence-electron chi connectivity index (χ0n) is 12.5. The first-order valence-corrected chi connectivity index (χ1v) is 8.40. The highest BCUT2D eigenvalue weighted by Crippen LogP contribution is 2.16. The van der Waals surface area contributed by atoms with E-state index in [0.29, 0.717) is 28.0 Å². The molecule has 7 heteroatoms. The van der Waals surface area contributed by atoms with Gasteiger partial charge in [-0.1, -0.05) is 23.7 Å². The van der Waals surface area contributed by atoms with Crippen LogP contribution in [-0.4, -0.2) is 22.7 Å². The van der Waals surface area contributed by atoms with Gasteiger partial charge in [0.2, 0.25) is 5.91 Å². The molecular weight excluding hydrogens is 338 g/mol. The molecule has 2 aromatic rings. The number of aryl methyl sites for hydroxylation is 1. The van der Waals surface area contributed by atoms with Crippen molar-refractivity contribution >= 4 is 35.2 Å². The van der Waals surface area contributed by atoms with E-state index in [2.05, 4.69) is 5.32 Å². The molecule has 2 rings (SSSR count). The summed E-state index contributed by atoms with van der Waals surface area (Å²) in [6, 6.07) is 8.91. The maximum Gasteiger partial charge on any atom is 0.339 e. The second-order valence-corrected chi connectivity index (χ2v) is 6.31. The highest BCUT2D eigenvalue weighted by atomic mass is 35.5. The fourth-order valence-electron chi connectivity index (χ4n) is 1.92. The molecule has 0 spiro atoms. The Morgan fingerprint density at radius 3 is 2.61 bits per heavy atom. The lowest BCUT2D eigenvalue weighted by Gasteiger charge is -2.04. The van der Waals surface area contributed by atoms with Crippen molar-refractivity contribution in [3.63, 3.8) is 0 Å². The van der Waals surface area contributed by atoms with Crippen LogP contribution in [0, 0.1) is 6.92 Å². The quantitative estimate of drug-likeness (QED) is 0.796. The van der Waals surface area contributed by atoms with Gasteiger partial charge >= 0.3 is 5.97 Å². The van der Waals surface area contributed by atoms with Gasteiger partial charge in [-0.05, 0) is 30.7 Å². The summed E-state index contributed by atoms with van der Waals surface area (Å²) < 4.78 is 5.30. The predicted octanol–water partition coefficient (Wildman–Crippen LogP) is 3.49. The van der Waals surface area contributed by atoms with Gasteiger partial charge in [0.05, 0.1) is 12.3 Å². The van der Waals surface area contributed by atoms with Crippen LogP contribution >= 0.6 is 23.4 Å². The van der Waals surface area contributed by atoms with Gasteiger partial charge in [-0.2, -0.15) is 0 Å². The van der Waals surface area contributed by atoms with Gasteiger partial charge in [-0.25, -0.2) is 4.79 Å². The maximum absolute atomic E-state index is 11.8. The fraction of sp³-hybridized carbons (Fsp3) is 0.250. The summed E-state index contributed by atoms with van der Waals surface area (Å²) in [5, 5.41) is 12.3. The highest BCUT2D eigenvalue weighted by molar-refractivity contribution is 7.99. The summed E-state index contributed by atoms with van der Waals surface area (Å²) in [6.45, 7) is 1.76. The molecule has 1 heterocycles. The molecule has 1 amide bonds. The second-order valence-electron chi connectivity index (χ2n) is 4.88. The third-order valence-corrected chi connectivity index (χ3v) is 4.33. The number of nitrogens with one attached hydrogen (secondary N) is 1. The van der Waals surface area contributed by atoms with Crippen molar-refractivity contribution in [2.75, 3.05) is 5.75 Å². The Balaban J connectivity index is 1.73. The van der Waals surface area contributed by atoms with Crippen molar-refractivity contribution in [2.45, 2.75) is 19.2 Å². The number of thioether (sulfide) groups is 1. The third kappa shape index (κ3) is 5.33. The van der Waals surface area contributed by atoms with E-state index in [4.69, 9.17) is 21.1 Å². The maximum atomic E-state index is 11.8. The molecule has 0 saturated heterocycles. The van der Waals surface area contributed by atoms with Gasteiger partial charge in [0.25, 0.3) is 0 Å². The van der Waals surface area contributed by atoms with Crippen molar-refractivity contribution in [1.29, 1.82) is 0 Å². The summed E-state index contributed by atoms with van der Waals surface area (Å²) in [5.41, 5.74) is 1.21. The second kappa shape index (κ2) is 8.08. The molecule has 0 fully saturated rings. The summed E-state index contributed by atoms with van der Waals surface area (Å²) in [7, 11) is 0. The number of hydrogen-bond donors (Lipinski definition) is 2. The lowest BCUT2D eigenvalue weighted by molar-refractivity contribution is -0.118. The highest BCUT2D eigenvalue weighted by Gasteiger charge is 2.14. The van der Waals surface area contributed by atoms with Crippen LogP contribution in [0.3, 0.4) is 0 Å². The van der Waals surface area contributed by atoms with Crippen LogP contribution in [0.25, 0.3) is 0 Å². The van der Waals surface area contributed by atoms with Crippen LogP contribution in [0.15, 0.2) is 34.7 Å². The molecule has 0 aliphatic carbocycles. The number of carboxylic acid groups (broad SMARTS) is 1. The topological polar surface area (TPSA) is 79.5 Å². The molecule has 0 saturated carbocycles. The molecule has 0 radical (unpaired) electrons. The van der Waals surface area contributed by atoms with Crippen LogP contribution in [0.5, 0.6) is 0 Å². The molecule has 0 bridgehead atoms. The largest absolute Gasteiger partial charge is 0.478 e. The van der Waals surface area contributed by atoms with Gasteiger partial charge in [-0.3, -0.25) is 4.79 Å². The average molecular weight is 354 g/mol. The minimum Gasteiger partial charge on any atom is -0.478 e.